The van der Waals surface area contributed by atoms with Crippen molar-refractivity contribution in [1.29, 1.82) is 0 Å². The maximum Gasteiger partial charge on any atom is 0.172 e. The fraction of sp³-hybridized carbons (Fsp3) is 0.571. The third kappa shape index (κ3) is 3.39. The molecule has 3 N–H and O–H groups in total. The van der Waals surface area contributed by atoms with Crippen LogP contribution in [0.25, 0.3) is 0 Å². The minimum atomic E-state index is 0.131. The minimum Gasteiger partial charge on any atom is -0.409 e. The number of hydrogen-bond acceptors (Lipinski definition) is 5. The molecule has 2 rings (SSSR count). The van der Waals surface area contributed by atoms with Crippen molar-refractivity contribution < 1.29 is 5.21 Å². The Balaban J connectivity index is 2.07. The molecule has 0 saturated carbocycles. The number of rotatable bonds is 4. The lowest BCUT2D eigenvalue weighted by molar-refractivity contribution is 0.231. The van der Waals surface area contributed by atoms with E-state index in [0.29, 0.717) is 5.92 Å². The summed E-state index contributed by atoms with van der Waals surface area (Å²) >= 11 is 0. The maximum atomic E-state index is 8.87. The van der Waals surface area contributed by atoms with Gasteiger partial charge in [-0.2, -0.15) is 0 Å². The van der Waals surface area contributed by atoms with Crippen molar-refractivity contribution in [3.63, 3.8) is 0 Å². The van der Waals surface area contributed by atoms with E-state index in [2.05, 4.69) is 33.8 Å². The van der Waals surface area contributed by atoms with Crippen molar-refractivity contribution in [2.24, 2.45) is 16.8 Å². The molecule has 0 spiro atoms. The normalized spacial score (nSPS) is 17.8. The zero-order chi connectivity index (χ0) is 14.5. The molecule has 0 aromatic carbocycles. The molecule has 0 bridgehead atoms. The molecule has 1 aliphatic rings. The largest absolute Gasteiger partial charge is 0.409 e. The maximum absolute atomic E-state index is 8.87. The van der Waals surface area contributed by atoms with Crippen molar-refractivity contribution in [3.05, 3.63) is 24.0 Å². The number of oxime groups is 1. The molecular formula is C14H23N5O. The zero-order valence-corrected chi connectivity index (χ0v) is 12.2. The molecule has 0 unspecified atom stereocenters. The summed E-state index contributed by atoms with van der Waals surface area (Å²) in [7, 11) is 0. The van der Waals surface area contributed by atoms with Crippen LogP contribution < -0.4 is 10.6 Å². The van der Waals surface area contributed by atoms with E-state index in [1.807, 2.05) is 0 Å². The lowest BCUT2D eigenvalue weighted by Crippen LogP contribution is -2.48. The molecule has 6 nitrogen and oxygen atoms in total. The van der Waals surface area contributed by atoms with E-state index in [0.717, 1.165) is 44.0 Å². The van der Waals surface area contributed by atoms with Gasteiger partial charge in [0.25, 0.3) is 0 Å². The first-order chi connectivity index (χ1) is 9.61. The van der Waals surface area contributed by atoms with E-state index in [4.69, 9.17) is 10.9 Å². The topological polar surface area (TPSA) is 78.0 Å². The second-order valence-electron chi connectivity index (χ2n) is 5.56. The number of amidine groups is 1. The highest BCUT2D eigenvalue weighted by atomic mass is 16.4. The summed E-state index contributed by atoms with van der Waals surface area (Å²) in [5.41, 5.74) is 7.40. The predicted octanol–water partition coefficient (Wildman–Crippen LogP) is 0.954. The monoisotopic (exact) mass is 277 g/mol. The number of aromatic nitrogens is 1. The van der Waals surface area contributed by atoms with Crippen LogP contribution in [0.2, 0.25) is 0 Å². The first-order valence-corrected chi connectivity index (χ1v) is 7.01. The highest BCUT2D eigenvalue weighted by molar-refractivity contribution is 6.02. The zero-order valence-electron chi connectivity index (χ0n) is 12.2. The van der Waals surface area contributed by atoms with Crippen LogP contribution in [-0.2, 0) is 0 Å². The highest BCUT2D eigenvalue weighted by Crippen LogP contribution is 2.20. The molecule has 0 amide bonds. The molecule has 1 aromatic rings. The molecule has 0 radical (unpaired) electrons. The van der Waals surface area contributed by atoms with Crippen LogP contribution in [-0.4, -0.2) is 53.7 Å². The number of anilines is 1. The third-order valence-corrected chi connectivity index (χ3v) is 3.52. The fourth-order valence-corrected chi connectivity index (χ4v) is 2.60. The molecule has 20 heavy (non-hydrogen) atoms. The summed E-state index contributed by atoms with van der Waals surface area (Å²) in [6.07, 6.45) is 3.44. The van der Waals surface area contributed by atoms with Crippen LogP contribution >= 0.6 is 0 Å². The van der Waals surface area contributed by atoms with Gasteiger partial charge in [-0.05, 0) is 12.0 Å². The Morgan fingerprint density at radius 1 is 1.40 bits per heavy atom. The Morgan fingerprint density at radius 3 is 2.70 bits per heavy atom. The van der Waals surface area contributed by atoms with E-state index in [9.17, 15) is 0 Å². The van der Waals surface area contributed by atoms with Gasteiger partial charge in [-0.1, -0.05) is 19.0 Å². The Bertz CT molecular complexity index is 466. The van der Waals surface area contributed by atoms with Crippen LogP contribution in [0.15, 0.2) is 23.6 Å². The van der Waals surface area contributed by atoms with Gasteiger partial charge in [-0.3, -0.25) is 9.88 Å². The van der Waals surface area contributed by atoms with Gasteiger partial charge in [0.05, 0.1) is 11.9 Å². The van der Waals surface area contributed by atoms with Crippen LogP contribution in [0.3, 0.4) is 0 Å². The summed E-state index contributed by atoms with van der Waals surface area (Å²) in [5.74, 6) is 0.819. The fourth-order valence-electron chi connectivity index (χ4n) is 2.60. The van der Waals surface area contributed by atoms with Gasteiger partial charge in [-0.25, -0.2) is 0 Å². The molecule has 1 saturated heterocycles. The second kappa shape index (κ2) is 6.56. The van der Waals surface area contributed by atoms with E-state index < -0.39 is 0 Å². The van der Waals surface area contributed by atoms with Crippen LogP contribution in [0, 0.1) is 5.92 Å². The summed E-state index contributed by atoms with van der Waals surface area (Å²) in [5, 5.41) is 12.0. The molecular weight excluding hydrogens is 254 g/mol. The van der Waals surface area contributed by atoms with E-state index in [1.54, 1.807) is 18.5 Å². The van der Waals surface area contributed by atoms with Crippen LogP contribution in [0.4, 0.5) is 5.69 Å². The van der Waals surface area contributed by atoms with Gasteiger partial charge in [0.2, 0.25) is 0 Å². The molecule has 1 aliphatic heterocycles. The molecule has 110 valence electrons. The first-order valence-electron chi connectivity index (χ1n) is 7.01. The summed E-state index contributed by atoms with van der Waals surface area (Å²) in [4.78, 5) is 8.88. The van der Waals surface area contributed by atoms with E-state index in [-0.39, 0.29) is 5.84 Å². The molecule has 1 fully saturated rings. The van der Waals surface area contributed by atoms with Gasteiger partial charge >= 0.3 is 0 Å². The second-order valence-corrected chi connectivity index (χ2v) is 5.56. The van der Waals surface area contributed by atoms with Crippen molar-refractivity contribution in [3.8, 4) is 0 Å². The van der Waals surface area contributed by atoms with E-state index in [1.165, 1.54) is 0 Å². The van der Waals surface area contributed by atoms with E-state index >= 15 is 0 Å². The van der Waals surface area contributed by atoms with Gasteiger partial charge in [0.15, 0.2) is 5.84 Å². The SMILES string of the molecule is CC(C)CN1CCN(c2cnccc2/C(N)=N/O)CC1. The number of hydrogen-bond donors (Lipinski definition) is 2. The quantitative estimate of drug-likeness (QED) is 0.371. The standard InChI is InChI=1S/C14H23N5O/c1-11(2)10-18-5-7-19(8-6-18)13-9-16-4-3-12(13)14(15)17-20/h3-4,9,11,20H,5-8,10H2,1-2H3,(H2,15,17). The molecule has 2 heterocycles. The molecule has 1 aromatic heterocycles. The van der Waals surface area contributed by atoms with Crippen LogP contribution in [0.5, 0.6) is 0 Å². The lowest BCUT2D eigenvalue weighted by atomic mass is 10.1. The van der Waals surface area contributed by atoms with Crippen molar-refractivity contribution >= 4 is 11.5 Å². The van der Waals surface area contributed by atoms with Gasteiger partial charge in [-0.15, -0.1) is 0 Å². The van der Waals surface area contributed by atoms with Gasteiger partial charge in [0.1, 0.15) is 0 Å². The number of piperazine rings is 1. The van der Waals surface area contributed by atoms with Crippen molar-refractivity contribution in [2.75, 3.05) is 37.6 Å². The molecule has 6 heteroatoms. The summed E-state index contributed by atoms with van der Waals surface area (Å²) < 4.78 is 0. The Morgan fingerprint density at radius 2 is 2.10 bits per heavy atom. The first kappa shape index (κ1) is 14.6. The Kier molecular flexibility index (Phi) is 4.79. The highest BCUT2D eigenvalue weighted by Gasteiger charge is 2.20. The Labute approximate surface area is 119 Å². The smallest absolute Gasteiger partial charge is 0.172 e. The van der Waals surface area contributed by atoms with Gasteiger partial charge < -0.3 is 15.8 Å². The summed E-state index contributed by atoms with van der Waals surface area (Å²) in [6.45, 7) is 9.54. The third-order valence-electron chi connectivity index (χ3n) is 3.52. The molecule has 0 aliphatic carbocycles. The molecule has 0 atom stereocenters. The minimum absolute atomic E-state index is 0.131. The van der Waals surface area contributed by atoms with Gasteiger partial charge in [0, 0.05) is 44.5 Å². The average molecular weight is 277 g/mol. The number of pyridine rings is 1. The van der Waals surface area contributed by atoms with Crippen LogP contribution in [0.1, 0.15) is 19.4 Å². The number of nitrogens with two attached hydrogens (primary N) is 1. The Hall–Kier alpha value is -1.82. The summed E-state index contributed by atoms with van der Waals surface area (Å²) in [6, 6.07) is 1.78. The van der Waals surface area contributed by atoms with Crippen molar-refractivity contribution in [1.82, 2.24) is 9.88 Å². The lowest BCUT2D eigenvalue weighted by Gasteiger charge is -2.37. The van der Waals surface area contributed by atoms with Crippen molar-refractivity contribution in [2.45, 2.75) is 13.8 Å². The predicted molar refractivity (Wildman–Crippen MR) is 80.2 cm³/mol. The average Bonchev–Trinajstić information content (AvgIpc) is 2.46. The number of nitrogens with zero attached hydrogens (tertiary/aromatic N) is 4.